The van der Waals surface area contributed by atoms with Crippen LogP contribution in [0.25, 0.3) is 0 Å². The molecular formula is C13H28N2O2. The van der Waals surface area contributed by atoms with Gasteiger partial charge in [-0.2, -0.15) is 0 Å². The first-order valence-corrected chi connectivity index (χ1v) is 6.82. The highest BCUT2D eigenvalue weighted by molar-refractivity contribution is 4.69. The molecule has 17 heavy (non-hydrogen) atoms. The second kappa shape index (κ2) is 9.83. The fourth-order valence-electron chi connectivity index (χ4n) is 2.21. The third-order valence-electron chi connectivity index (χ3n) is 3.12. The number of rotatable bonds is 10. The molecule has 1 aliphatic heterocycles. The van der Waals surface area contributed by atoms with Gasteiger partial charge >= 0.3 is 0 Å². The number of ether oxygens (including phenoxy) is 2. The number of methoxy groups -OCH3 is 1. The molecule has 4 heteroatoms. The van der Waals surface area contributed by atoms with Crippen molar-refractivity contribution in [3.05, 3.63) is 0 Å². The normalized spacial score (nSPS) is 18.7. The first kappa shape index (κ1) is 14.9. The lowest BCUT2D eigenvalue weighted by molar-refractivity contribution is 0.0716. The van der Waals surface area contributed by atoms with Crippen LogP contribution in [0.4, 0.5) is 0 Å². The quantitative estimate of drug-likeness (QED) is 0.581. The lowest BCUT2D eigenvalue weighted by atomic mass is 10.1. The summed E-state index contributed by atoms with van der Waals surface area (Å²) in [5, 5.41) is 3.44. The minimum Gasteiger partial charge on any atom is -0.382 e. The summed E-state index contributed by atoms with van der Waals surface area (Å²) in [5.74, 6) is 0.729. The molecule has 4 nitrogen and oxygen atoms in total. The Balaban J connectivity index is 1.84. The molecule has 1 saturated heterocycles. The van der Waals surface area contributed by atoms with E-state index in [0.29, 0.717) is 13.2 Å². The van der Waals surface area contributed by atoms with E-state index in [1.807, 2.05) is 0 Å². The van der Waals surface area contributed by atoms with Crippen molar-refractivity contribution in [2.45, 2.75) is 19.8 Å². The Morgan fingerprint density at radius 1 is 1.18 bits per heavy atom. The highest BCUT2D eigenvalue weighted by Crippen LogP contribution is 2.09. The van der Waals surface area contributed by atoms with Crippen LogP contribution in [0.3, 0.4) is 0 Å². The highest BCUT2D eigenvalue weighted by atomic mass is 16.5. The van der Waals surface area contributed by atoms with Crippen LogP contribution in [0, 0.1) is 5.92 Å². The summed E-state index contributed by atoms with van der Waals surface area (Å²) in [4.78, 5) is 2.57. The lowest BCUT2D eigenvalue weighted by Crippen LogP contribution is -2.33. The predicted molar refractivity (Wildman–Crippen MR) is 70.4 cm³/mol. The summed E-state index contributed by atoms with van der Waals surface area (Å²) in [7, 11) is 1.70. The molecule has 102 valence electrons. The molecule has 0 aromatic heterocycles. The van der Waals surface area contributed by atoms with Gasteiger partial charge in [0.15, 0.2) is 0 Å². The maximum atomic E-state index is 5.39. The Labute approximate surface area is 106 Å². The Kier molecular flexibility index (Phi) is 8.61. The van der Waals surface area contributed by atoms with Crippen molar-refractivity contribution in [1.82, 2.24) is 10.2 Å². The molecule has 0 aromatic rings. The molecule has 1 heterocycles. The van der Waals surface area contributed by atoms with Crippen molar-refractivity contribution in [3.8, 4) is 0 Å². The third kappa shape index (κ3) is 7.71. The van der Waals surface area contributed by atoms with E-state index in [9.17, 15) is 0 Å². The SMILES string of the molecule is COCCOCCNCC(C)CN1CCCC1. The van der Waals surface area contributed by atoms with E-state index < -0.39 is 0 Å². The van der Waals surface area contributed by atoms with Crippen molar-refractivity contribution in [1.29, 1.82) is 0 Å². The summed E-state index contributed by atoms with van der Waals surface area (Å²) in [5.41, 5.74) is 0. The average Bonchev–Trinajstić information content (AvgIpc) is 2.80. The molecular weight excluding hydrogens is 216 g/mol. The molecule has 1 rings (SSSR count). The maximum absolute atomic E-state index is 5.39. The van der Waals surface area contributed by atoms with Crippen LogP contribution in [0.2, 0.25) is 0 Å². The van der Waals surface area contributed by atoms with Gasteiger partial charge in [0.1, 0.15) is 0 Å². The van der Waals surface area contributed by atoms with Gasteiger partial charge in [-0.3, -0.25) is 0 Å². The van der Waals surface area contributed by atoms with Gasteiger partial charge in [0.05, 0.1) is 19.8 Å². The summed E-state index contributed by atoms with van der Waals surface area (Å²) in [6, 6.07) is 0. The van der Waals surface area contributed by atoms with E-state index in [1.165, 1.54) is 32.5 Å². The number of likely N-dealkylation sites (tertiary alicyclic amines) is 1. The topological polar surface area (TPSA) is 33.7 Å². The first-order valence-electron chi connectivity index (χ1n) is 6.82. The monoisotopic (exact) mass is 244 g/mol. The van der Waals surface area contributed by atoms with Gasteiger partial charge in [0, 0.05) is 20.2 Å². The Bertz CT molecular complexity index is 173. The van der Waals surface area contributed by atoms with E-state index >= 15 is 0 Å². The van der Waals surface area contributed by atoms with Crippen LogP contribution in [0.15, 0.2) is 0 Å². The molecule has 1 aliphatic rings. The number of nitrogens with zero attached hydrogens (tertiary/aromatic N) is 1. The third-order valence-corrected chi connectivity index (χ3v) is 3.12. The largest absolute Gasteiger partial charge is 0.382 e. The molecule has 0 aromatic carbocycles. The van der Waals surface area contributed by atoms with Crippen LogP contribution in [0.1, 0.15) is 19.8 Å². The molecule has 1 unspecified atom stereocenters. The standard InChI is InChI=1S/C13H28N2O2/c1-13(12-15-6-3-4-7-15)11-14-5-8-17-10-9-16-2/h13-14H,3-12H2,1-2H3. The molecule has 0 amide bonds. The molecule has 0 spiro atoms. The zero-order valence-electron chi connectivity index (χ0n) is 11.4. The fraction of sp³-hybridized carbons (Fsp3) is 1.00. The minimum absolute atomic E-state index is 0.686. The van der Waals surface area contributed by atoms with Gasteiger partial charge in [-0.05, 0) is 38.4 Å². The molecule has 1 fully saturated rings. The van der Waals surface area contributed by atoms with Gasteiger partial charge in [-0.25, -0.2) is 0 Å². The van der Waals surface area contributed by atoms with Crippen molar-refractivity contribution in [2.24, 2.45) is 5.92 Å². The van der Waals surface area contributed by atoms with Gasteiger partial charge in [-0.15, -0.1) is 0 Å². The van der Waals surface area contributed by atoms with Crippen molar-refractivity contribution in [2.75, 3.05) is 59.7 Å². The average molecular weight is 244 g/mol. The minimum atomic E-state index is 0.686. The van der Waals surface area contributed by atoms with Crippen LogP contribution >= 0.6 is 0 Å². The van der Waals surface area contributed by atoms with Gasteiger partial charge in [0.25, 0.3) is 0 Å². The van der Waals surface area contributed by atoms with Crippen molar-refractivity contribution >= 4 is 0 Å². The van der Waals surface area contributed by atoms with Gasteiger partial charge < -0.3 is 19.7 Å². The summed E-state index contributed by atoms with van der Waals surface area (Å²) < 4.78 is 10.3. The summed E-state index contributed by atoms with van der Waals surface area (Å²) in [6.45, 7) is 10.3. The Hall–Kier alpha value is -0.160. The number of hydrogen-bond acceptors (Lipinski definition) is 4. The van der Waals surface area contributed by atoms with Gasteiger partial charge in [-0.1, -0.05) is 6.92 Å². The van der Waals surface area contributed by atoms with E-state index in [4.69, 9.17) is 9.47 Å². The van der Waals surface area contributed by atoms with Crippen LogP contribution in [-0.2, 0) is 9.47 Å². The van der Waals surface area contributed by atoms with Crippen molar-refractivity contribution < 1.29 is 9.47 Å². The van der Waals surface area contributed by atoms with E-state index in [-0.39, 0.29) is 0 Å². The molecule has 1 atom stereocenters. The van der Waals surface area contributed by atoms with Gasteiger partial charge in [0.2, 0.25) is 0 Å². The van der Waals surface area contributed by atoms with E-state index in [1.54, 1.807) is 7.11 Å². The lowest BCUT2D eigenvalue weighted by Gasteiger charge is -2.20. The second-order valence-corrected chi connectivity index (χ2v) is 4.92. The van der Waals surface area contributed by atoms with Crippen molar-refractivity contribution in [3.63, 3.8) is 0 Å². The summed E-state index contributed by atoms with van der Waals surface area (Å²) in [6.07, 6.45) is 2.76. The highest BCUT2D eigenvalue weighted by Gasteiger charge is 2.13. The Morgan fingerprint density at radius 2 is 1.94 bits per heavy atom. The molecule has 0 aliphatic carbocycles. The van der Waals surface area contributed by atoms with Crippen LogP contribution in [-0.4, -0.2) is 64.6 Å². The molecule has 0 bridgehead atoms. The number of nitrogens with one attached hydrogen (secondary N) is 1. The maximum Gasteiger partial charge on any atom is 0.0700 e. The Morgan fingerprint density at radius 3 is 2.65 bits per heavy atom. The van der Waals surface area contributed by atoms with Crippen LogP contribution in [0.5, 0.6) is 0 Å². The van der Waals surface area contributed by atoms with E-state index in [0.717, 1.165) is 25.6 Å². The van der Waals surface area contributed by atoms with Crippen LogP contribution < -0.4 is 5.32 Å². The molecule has 0 radical (unpaired) electrons. The smallest absolute Gasteiger partial charge is 0.0700 e. The second-order valence-electron chi connectivity index (χ2n) is 4.92. The zero-order chi connectivity index (χ0) is 12.3. The number of hydrogen-bond donors (Lipinski definition) is 1. The zero-order valence-corrected chi connectivity index (χ0v) is 11.4. The molecule has 1 N–H and O–H groups in total. The van der Waals surface area contributed by atoms with E-state index in [2.05, 4.69) is 17.1 Å². The summed E-state index contributed by atoms with van der Waals surface area (Å²) >= 11 is 0. The molecule has 0 saturated carbocycles. The predicted octanol–water partition coefficient (Wildman–Crippen LogP) is 0.971. The fourth-order valence-corrected chi connectivity index (χ4v) is 2.21. The first-order chi connectivity index (χ1) is 8.33.